The molecule has 0 spiro atoms. The molecule has 2 rings (SSSR count). The second kappa shape index (κ2) is 6.91. The van der Waals surface area contributed by atoms with Gasteiger partial charge < -0.3 is 10.6 Å². The summed E-state index contributed by atoms with van der Waals surface area (Å²) in [5, 5.41) is 4.71. The fourth-order valence-electron chi connectivity index (χ4n) is 1.94. The van der Waals surface area contributed by atoms with E-state index in [0.29, 0.717) is 3.57 Å². The molecule has 23 heavy (non-hydrogen) atoms. The Morgan fingerprint density at radius 3 is 2.48 bits per heavy atom. The predicted octanol–water partition coefficient (Wildman–Crippen LogP) is 3.79. The molecule has 0 atom stereocenters. The van der Waals surface area contributed by atoms with E-state index in [-0.39, 0.29) is 16.8 Å². The number of benzene rings is 2. The number of halogens is 4. The van der Waals surface area contributed by atoms with Crippen molar-refractivity contribution in [3.05, 3.63) is 56.4 Å². The van der Waals surface area contributed by atoms with Crippen molar-refractivity contribution in [2.24, 2.45) is 0 Å². The zero-order chi connectivity index (χ0) is 17.1. The first-order valence-electron chi connectivity index (χ1n) is 6.31. The molecule has 118 valence electrons. The first kappa shape index (κ1) is 17.1. The van der Waals surface area contributed by atoms with Crippen molar-refractivity contribution < 1.29 is 18.0 Å². The third kappa shape index (κ3) is 3.42. The number of nitrogens with one attached hydrogen (secondary N) is 2. The molecule has 0 aliphatic heterocycles. The number of hydrogen-bond donors (Lipinski definition) is 2. The zero-order valence-corrected chi connectivity index (χ0v) is 14.0. The minimum absolute atomic E-state index is 0.108. The van der Waals surface area contributed by atoms with Crippen LogP contribution >= 0.6 is 22.6 Å². The largest absolute Gasteiger partial charge is 0.355 e. The quantitative estimate of drug-likeness (QED) is 0.575. The van der Waals surface area contributed by atoms with Crippen molar-refractivity contribution in [3.8, 4) is 12.3 Å². The summed E-state index contributed by atoms with van der Waals surface area (Å²) in [7, 11) is 1.32. The molecule has 1 amide bonds. The first-order valence-corrected chi connectivity index (χ1v) is 7.39. The molecule has 7 heteroatoms. The van der Waals surface area contributed by atoms with Gasteiger partial charge in [0.1, 0.15) is 5.82 Å². The third-order valence-electron chi connectivity index (χ3n) is 3.02. The molecule has 0 aliphatic carbocycles. The smallest absolute Gasteiger partial charge is 0.254 e. The van der Waals surface area contributed by atoms with Gasteiger partial charge >= 0.3 is 0 Å². The molecule has 3 nitrogen and oxygen atoms in total. The molecule has 0 saturated heterocycles. The normalized spacial score (nSPS) is 10.1. The summed E-state index contributed by atoms with van der Waals surface area (Å²) in [6.07, 6.45) is 5.25. The predicted molar refractivity (Wildman–Crippen MR) is 90.1 cm³/mol. The van der Waals surface area contributed by atoms with Gasteiger partial charge in [0.2, 0.25) is 0 Å². The molecule has 0 radical (unpaired) electrons. The van der Waals surface area contributed by atoms with Gasteiger partial charge in [0.05, 0.1) is 16.9 Å². The molecule has 0 bridgehead atoms. The van der Waals surface area contributed by atoms with Crippen LogP contribution in [0.1, 0.15) is 15.9 Å². The average molecular weight is 430 g/mol. The maximum Gasteiger partial charge on any atom is 0.254 e. The molecule has 0 aromatic heterocycles. The Labute approximate surface area is 144 Å². The maximum absolute atomic E-state index is 14.2. The molecule has 2 aromatic carbocycles. The van der Waals surface area contributed by atoms with Gasteiger partial charge in [0.15, 0.2) is 11.6 Å². The van der Waals surface area contributed by atoms with Gasteiger partial charge in [-0.1, -0.05) is 5.92 Å². The van der Waals surface area contributed by atoms with Crippen LogP contribution in [0.2, 0.25) is 0 Å². The van der Waals surface area contributed by atoms with E-state index < -0.39 is 29.0 Å². The van der Waals surface area contributed by atoms with Crippen LogP contribution < -0.4 is 10.6 Å². The van der Waals surface area contributed by atoms with Crippen LogP contribution in [-0.2, 0) is 0 Å². The van der Waals surface area contributed by atoms with E-state index in [1.165, 1.54) is 19.2 Å². The first-order chi connectivity index (χ1) is 10.9. The molecular formula is C16H10F3IN2O. The second-order valence-corrected chi connectivity index (χ2v) is 5.69. The monoisotopic (exact) mass is 430 g/mol. The number of rotatable bonds is 3. The van der Waals surface area contributed by atoms with E-state index in [9.17, 15) is 18.0 Å². The Morgan fingerprint density at radius 2 is 1.91 bits per heavy atom. The molecular weight excluding hydrogens is 420 g/mol. The van der Waals surface area contributed by atoms with Crippen molar-refractivity contribution in [2.75, 3.05) is 12.4 Å². The standard InChI is InChI=1S/C16H10F3IN2O/c1-3-8-6-11(18)14(19)15(13(8)16(23)21-2)22-12-5-4-9(20)7-10(12)17/h1,4-7,22H,2H3,(H,21,23). The summed E-state index contributed by atoms with van der Waals surface area (Å²) in [6, 6.07) is 4.88. The lowest BCUT2D eigenvalue weighted by atomic mass is 10.0. The zero-order valence-electron chi connectivity index (χ0n) is 11.8. The Kier molecular flexibility index (Phi) is 5.15. The number of carbonyl (C=O) groups excluding carboxylic acids is 1. The van der Waals surface area contributed by atoms with Crippen molar-refractivity contribution in [2.45, 2.75) is 0 Å². The number of anilines is 2. The van der Waals surface area contributed by atoms with Gasteiger partial charge in [-0.15, -0.1) is 6.42 Å². The molecule has 2 aromatic rings. The fraction of sp³-hybridized carbons (Fsp3) is 0.0625. The summed E-state index contributed by atoms with van der Waals surface area (Å²) in [6.45, 7) is 0. The summed E-state index contributed by atoms with van der Waals surface area (Å²) < 4.78 is 42.4. The van der Waals surface area contributed by atoms with Crippen LogP contribution in [-0.4, -0.2) is 13.0 Å². The van der Waals surface area contributed by atoms with Crippen LogP contribution in [0.15, 0.2) is 24.3 Å². The Morgan fingerprint density at radius 1 is 1.22 bits per heavy atom. The minimum atomic E-state index is -1.32. The van der Waals surface area contributed by atoms with Crippen molar-refractivity contribution in [3.63, 3.8) is 0 Å². The Balaban J connectivity index is 2.67. The van der Waals surface area contributed by atoms with Crippen LogP contribution in [0.5, 0.6) is 0 Å². The number of amides is 1. The summed E-state index contributed by atoms with van der Waals surface area (Å²) in [5.41, 5.74) is -1.04. The van der Waals surface area contributed by atoms with E-state index in [4.69, 9.17) is 6.42 Å². The van der Waals surface area contributed by atoms with E-state index in [2.05, 4.69) is 16.6 Å². The Hall–Kier alpha value is -2.21. The molecule has 2 N–H and O–H groups in total. The number of hydrogen-bond acceptors (Lipinski definition) is 2. The minimum Gasteiger partial charge on any atom is -0.355 e. The number of terminal acetylenes is 1. The van der Waals surface area contributed by atoms with E-state index in [1.807, 2.05) is 22.6 Å². The second-order valence-electron chi connectivity index (χ2n) is 4.44. The van der Waals surface area contributed by atoms with Gasteiger partial charge in [0.25, 0.3) is 5.91 Å². The maximum atomic E-state index is 14.2. The van der Waals surface area contributed by atoms with Gasteiger partial charge in [-0.25, -0.2) is 13.2 Å². The third-order valence-corrected chi connectivity index (χ3v) is 3.69. The molecule has 0 unspecified atom stereocenters. The summed E-state index contributed by atoms with van der Waals surface area (Å²) in [5.74, 6) is -1.82. The van der Waals surface area contributed by atoms with Crippen LogP contribution in [0, 0.1) is 33.4 Å². The van der Waals surface area contributed by atoms with Gasteiger partial charge in [-0.2, -0.15) is 0 Å². The molecule has 0 aliphatic rings. The highest BCUT2D eigenvalue weighted by Crippen LogP contribution is 2.30. The lowest BCUT2D eigenvalue weighted by Gasteiger charge is -2.15. The number of carbonyl (C=O) groups is 1. The summed E-state index contributed by atoms with van der Waals surface area (Å²) in [4.78, 5) is 12.0. The molecule has 0 fully saturated rings. The van der Waals surface area contributed by atoms with Crippen molar-refractivity contribution >= 4 is 39.9 Å². The van der Waals surface area contributed by atoms with Crippen molar-refractivity contribution in [1.82, 2.24) is 5.32 Å². The van der Waals surface area contributed by atoms with Crippen LogP contribution in [0.4, 0.5) is 24.5 Å². The highest BCUT2D eigenvalue weighted by Gasteiger charge is 2.23. The van der Waals surface area contributed by atoms with Gasteiger partial charge in [-0.3, -0.25) is 4.79 Å². The van der Waals surface area contributed by atoms with E-state index in [1.54, 1.807) is 6.07 Å². The van der Waals surface area contributed by atoms with E-state index >= 15 is 0 Å². The van der Waals surface area contributed by atoms with Gasteiger partial charge in [0, 0.05) is 16.2 Å². The lowest BCUT2D eigenvalue weighted by Crippen LogP contribution is -2.22. The van der Waals surface area contributed by atoms with Gasteiger partial charge in [-0.05, 0) is 46.9 Å². The van der Waals surface area contributed by atoms with E-state index in [0.717, 1.165) is 6.07 Å². The summed E-state index contributed by atoms with van der Waals surface area (Å²) >= 11 is 1.91. The average Bonchev–Trinajstić information content (AvgIpc) is 2.53. The molecule has 0 saturated carbocycles. The van der Waals surface area contributed by atoms with Crippen LogP contribution in [0.25, 0.3) is 0 Å². The van der Waals surface area contributed by atoms with Crippen molar-refractivity contribution in [1.29, 1.82) is 0 Å². The highest BCUT2D eigenvalue weighted by molar-refractivity contribution is 14.1. The topological polar surface area (TPSA) is 41.1 Å². The van der Waals surface area contributed by atoms with Crippen LogP contribution in [0.3, 0.4) is 0 Å². The lowest BCUT2D eigenvalue weighted by molar-refractivity contribution is 0.0963. The SMILES string of the molecule is C#Cc1cc(F)c(F)c(Nc2ccc(I)cc2F)c1C(=O)NC. The Bertz CT molecular complexity index is 831. The highest BCUT2D eigenvalue weighted by atomic mass is 127. The fourth-order valence-corrected chi connectivity index (χ4v) is 2.40. The molecule has 0 heterocycles.